The summed E-state index contributed by atoms with van der Waals surface area (Å²) in [6.07, 6.45) is 1.99. The number of benzene rings is 1. The average molecular weight is 295 g/mol. The third-order valence-electron chi connectivity index (χ3n) is 4.13. The maximum absolute atomic E-state index is 13.9. The Labute approximate surface area is 120 Å². The number of rotatable bonds is 5. The predicted molar refractivity (Wildman–Crippen MR) is 69.2 cm³/mol. The van der Waals surface area contributed by atoms with Gasteiger partial charge in [0.05, 0.1) is 17.9 Å². The molecule has 0 saturated heterocycles. The maximum atomic E-state index is 13.9. The summed E-state index contributed by atoms with van der Waals surface area (Å²) < 4.78 is 27.2. The second-order valence-corrected chi connectivity index (χ2v) is 5.78. The van der Waals surface area contributed by atoms with Crippen LogP contribution in [0.4, 0.5) is 8.78 Å². The van der Waals surface area contributed by atoms with E-state index < -0.39 is 35.5 Å². The van der Waals surface area contributed by atoms with Gasteiger partial charge in [-0.05, 0) is 43.4 Å². The molecule has 1 amide bonds. The molecular weight excluding hydrogens is 280 g/mol. The summed E-state index contributed by atoms with van der Waals surface area (Å²) >= 11 is 0. The Bertz CT molecular complexity index is 601. The van der Waals surface area contributed by atoms with E-state index in [0.717, 1.165) is 31.0 Å². The van der Waals surface area contributed by atoms with Crippen molar-refractivity contribution in [1.82, 2.24) is 5.32 Å². The van der Waals surface area contributed by atoms with Gasteiger partial charge in [0.15, 0.2) is 0 Å². The Kier molecular flexibility index (Phi) is 3.39. The molecule has 1 aromatic rings. The van der Waals surface area contributed by atoms with Crippen molar-refractivity contribution in [3.05, 3.63) is 35.4 Å². The molecule has 2 aliphatic carbocycles. The molecule has 2 N–H and O–H groups in total. The lowest BCUT2D eigenvalue weighted by atomic mass is 10.0. The Morgan fingerprint density at radius 2 is 1.95 bits per heavy atom. The van der Waals surface area contributed by atoms with E-state index in [0.29, 0.717) is 6.42 Å². The number of hydrogen-bond donors (Lipinski definition) is 2. The molecule has 6 heteroatoms. The number of carbonyl (C=O) groups is 2. The van der Waals surface area contributed by atoms with Crippen molar-refractivity contribution >= 4 is 11.9 Å². The molecule has 21 heavy (non-hydrogen) atoms. The van der Waals surface area contributed by atoms with Gasteiger partial charge in [-0.3, -0.25) is 9.59 Å². The molecule has 0 radical (unpaired) electrons. The lowest BCUT2D eigenvalue weighted by Gasteiger charge is -2.19. The summed E-state index contributed by atoms with van der Waals surface area (Å²) in [6.45, 7) is 0. The molecule has 2 fully saturated rings. The zero-order valence-electron chi connectivity index (χ0n) is 11.2. The molecule has 3 atom stereocenters. The molecule has 2 saturated carbocycles. The molecular formula is C15H15F2NO3. The Hall–Kier alpha value is -1.98. The van der Waals surface area contributed by atoms with Gasteiger partial charge in [-0.2, -0.15) is 0 Å². The summed E-state index contributed by atoms with van der Waals surface area (Å²) in [4.78, 5) is 22.8. The number of carboxylic acids is 1. The van der Waals surface area contributed by atoms with Crippen LogP contribution in [0.25, 0.3) is 0 Å². The largest absolute Gasteiger partial charge is 0.481 e. The number of aliphatic carboxylic acids is 1. The highest BCUT2D eigenvalue weighted by molar-refractivity contribution is 5.89. The van der Waals surface area contributed by atoms with Crippen LogP contribution < -0.4 is 5.32 Å². The first-order chi connectivity index (χ1) is 9.97. The van der Waals surface area contributed by atoms with Gasteiger partial charge in [0.2, 0.25) is 5.91 Å². The first-order valence-corrected chi connectivity index (χ1v) is 6.95. The fourth-order valence-corrected chi connectivity index (χ4v) is 2.65. The van der Waals surface area contributed by atoms with Crippen molar-refractivity contribution in [2.75, 3.05) is 0 Å². The van der Waals surface area contributed by atoms with Crippen LogP contribution in [-0.4, -0.2) is 17.0 Å². The molecule has 1 aromatic carbocycles. The Morgan fingerprint density at radius 1 is 1.24 bits per heavy atom. The van der Waals surface area contributed by atoms with Crippen LogP contribution in [0.15, 0.2) is 18.2 Å². The van der Waals surface area contributed by atoms with E-state index in [1.165, 1.54) is 0 Å². The van der Waals surface area contributed by atoms with Crippen LogP contribution in [0, 0.1) is 29.4 Å². The van der Waals surface area contributed by atoms with E-state index in [4.69, 9.17) is 5.11 Å². The zero-order valence-corrected chi connectivity index (χ0v) is 11.2. The first-order valence-electron chi connectivity index (χ1n) is 6.95. The van der Waals surface area contributed by atoms with Crippen LogP contribution in [0.3, 0.4) is 0 Å². The smallest absolute Gasteiger partial charge is 0.307 e. The number of amides is 1. The second-order valence-electron chi connectivity index (χ2n) is 5.78. The van der Waals surface area contributed by atoms with E-state index in [1.807, 2.05) is 0 Å². The van der Waals surface area contributed by atoms with Gasteiger partial charge in [0, 0.05) is 5.56 Å². The zero-order chi connectivity index (χ0) is 15.1. The summed E-state index contributed by atoms with van der Waals surface area (Å²) in [7, 11) is 0. The van der Waals surface area contributed by atoms with Crippen molar-refractivity contribution in [3.8, 4) is 0 Å². The molecule has 3 rings (SSSR count). The Balaban J connectivity index is 1.75. The normalized spacial score (nSPS) is 25.2. The second kappa shape index (κ2) is 5.09. The number of halogens is 2. The number of hydrogen-bond acceptors (Lipinski definition) is 2. The van der Waals surface area contributed by atoms with Gasteiger partial charge in [0.1, 0.15) is 11.6 Å². The third-order valence-corrected chi connectivity index (χ3v) is 4.13. The Morgan fingerprint density at radius 3 is 2.52 bits per heavy atom. The minimum atomic E-state index is -0.991. The van der Waals surface area contributed by atoms with Crippen LogP contribution >= 0.6 is 0 Å². The van der Waals surface area contributed by atoms with Crippen LogP contribution in [0.5, 0.6) is 0 Å². The summed E-state index contributed by atoms with van der Waals surface area (Å²) in [5, 5.41) is 11.5. The van der Waals surface area contributed by atoms with Crippen LogP contribution in [0.1, 0.15) is 30.9 Å². The topological polar surface area (TPSA) is 66.4 Å². The monoisotopic (exact) mass is 295 g/mol. The van der Waals surface area contributed by atoms with E-state index in [2.05, 4.69) is 5.32 Å². The van der Waals surface area contributed by atoms with Crippen molar-refractivity contribution in [2.24, 2.45) is 17.8 Å². The minimum Gasteiger partial charge on any atom is -0.481 e. The van der Waals surface area contributed by atoms with Crippen molar-refractivity contribution in [2.45, 2.75) is 25.3 Å². The summed E-state index contributed by atoms with van der Waals surface area (Å²) in [5.74, 6) is -3.60. The molecule has 3 unspecified atom stereocenters. The highest BCUT2D eigenvalue weighted by Crippen LogP contribution is 2.44. The third kappa shape index (κ3) is 2.89. The van der Waals surface area contributed by atoms with Crippen molar-refractivity contribution in [3.63, 3.8) is 0 Å². The predicted octanol–water partition coefficient (Wildman–Crippen LogP) is 2.25. The number of carboxylic acid groups (broad SMARTS) is 1. The van der Waals surface area contributed by atoms with Gasteiger partial charge >= 0.3 is 5.97 Å². The van der Waals surface area contributed by atoms with E-state index in [-0.39, 0.29) is 17.4 Å². The number of carbonyl (C=O) groups excluding carboxylic acids is 1. The fourth-order valence-electron chi connectivity index (χ4n) is 2.65. The molecule has 0 bridgehead atoms. The molecule has 4 nitrogen and oxygen atoms in total. The van der Waals surface area contributed by atoms with Gasteiger partial charge < -0.3 is 10.4 Å². The van der Waals surface area contributed by atoms with E-state index in [9.17, 15) is 18.4 Å². The molecule has 0 aliphatic heterocycles. The standard InChI is InChI=1S/C15H15F2NO3/c16-8-3-4-12(17)11(5-8)13(7-1-2-7)18-14(19)9-6-10(9)15(20)21/h3-5,7,9-10,13H,1-2,6H2,(H,18,19)(H,20,21). The maximum Gasteiger partial charge on any atom is 0.307 e. The lowest BCUT2D eigenvalue weighted by molar-refractivity contribution is -0.140. The molecule has 112 valence electrons. The first kappa shape index (κ1) is 14.0. The molecule has 0 spiro atoms. The quantitative estimate of drug-likeness (QED) is 0.875. The average Bonchev–Trinajstić information content (AvgIpc) is 3.29. The van der Waals surface area contributed by atoms with Gasteiger partial charge in [-0.15, -0.1) is 0 Å². The molecule has 0 aromatic heterocycles. The van der Waals surface area contributed by atoms with E-state index >= 15 is 0 Å². The lowest BCUT2D eigenvalue weighted by Crippen LogP contribution is -2.32. The molecule has 0 heterocycles. The SMILES string of the molecule is O=C(O)C1CC1C(=O)NC(c1cc(F)ccc1F)C1CC1. The van der Waals surface area contributed by atoms with Crippen LogP contribution in [-0.2, 0) is 9.59 Å². The van der Waals surface area contributed by atoms with Crippen LogP contribution in [0.2, 0.25) is 0 Å². The van der Waals surface area contributed by atoms with Gasteiger partial charge in [-0.1, -0.05) is 0 Å². The molecule has 2 aliphatic rings. The minimum absolute atomic E-state index is 0.0901. The number of nitrogens with one attached hydrogen (secondary N) is 1. The van der Waals surface area contributed by atoms with Gasteiger partial charge in [0.25, 0.3) is 0 Å². The summed E-state index contributed by atoms with van der Waals surface area (Å²) in [5.41, 5.74) is 0.137. The highest BCUT2D eigenvalue weighted by Gasteiger charge is 2.49. The van der Waals surface area contributed by atoms with Crippen molar-refractivity contribution in [1.29, 1.82) is 0 Å². The van der Waals surface area contributed by atoms with Gasteiger partial charge in [-0.25, -0.2) is 8.78 Å². The van der Waals surface area contributed by atoms with Crippen molar-refractivity contribution < 1.29 is 23.5 Å². The summed E-state index contributed by atoms with van der Waals surface area (Å²) in [6, 6.07) is 2.60. The fraction of sp³-hybridized carbons (Fsp3) is 0.467. The van der Waals surface area contributed by atoms with E-state index in [1.54, 1.807) is 0 Å². The highest BCUT2D eigenvalue weighted by atomic mass is 19.1.